The van der Waals surface area contributed by atoms with Gasteiger partial charge in [0.05, 0.1) is 22.9 Å². The van der Waals surface area contributed by atoms with Crippen LogP contribution in [0.15, 0.2) is 28.7 Å². The molecule has 0 saturated carbocycles. The van der Waals surface area contributed by atoms with E-state index in [2.05, 4.69) is 10.6 Å². The fraction of sp³-hybridized carbons (Fsp3) is 0.214. The second kappa shape index (κ2) is 5.09. The van der Waals surface area contributed by atoms with Gasteiger partial charge in [0.2, 0.25) is 0 Å². The number of amides is 1. The van der Waals surface area contributed by atoms with Gasteiger partial charge in [-0.15, -0.1) is 0 Å². The molecule has 1 amide bonds. The molecular weight excluding hydrogens is 280 g/mol. The monoisotopic (exact) mass is 292 g/mol. The largest absolute Gasteiger partial charge is 0.482 e. The van der Waals surface area contributed by atoms with E-state index in [4.69, 9.17) is 20.8 Å². The third kappa shape index (κ3) is 2.58. The van der Waals surface area contributed by atoms with Gasteiger partial charge in [-0.05, 0) is 25.1 Å². The molecule has 1 aromatic carbocycles. The first-order valence-electron chi connectivity index (χ1n) is 6.17. The van der Waals surface area contributed by atoms with Crippen molar-refractivity contribution in [1.29, 1.82) is 0 Å². The standard InChI is InChI=1S/C14H13ClN2O3/c1-8-2-3-9(20-8)6-16-11-5-13-12(4-10(11)15)17-14(18)7-19-13/h2-5,16H,6-7H2,1H3,(H,17,18). The summed E-state index contributed by atoms with van der Waals surface area (Å²) < 4.78 is 10.8. The van der Waals surface area contributed by atoms with Gasteiger partial charge in [-0.2, -0.15) is 0 Å². The smallest absolute Gasteiger partial charge is 0.262 e. The molecule has 0 unspecified atom stereocenters. The van der Waals surface area contributed by atoms with Gasteiger partial charge in [-0.1, -0.05) is 11.6 Å². The predicted molar refractivity (Wildman–Crippen MR) is 76.3 cm³/mol. The highest BCUT2D eigenvalue weighted by Gasteiger charge is 2.18. The van der Waals surface area contributed by atoms with Crippen LogP contribution in [0.1, 0.15) is 11.5 Å². The number of carbonyl (C=O) groups excluding carboxylic acids is 1. The van der Waals surface area contributed by atoms with E-state index in [9.17, 15) is 4.79 Å². The minimum absolute atomic E-state index is 0.0193. The minimum Gasteiger partial charge on any atom is -0.482 e. The van der Waals surface area contributed by atoms with Crippen LogP contribution in [0.3, 0.4) is 0 Å². The molecule has 1 aliphatic heterocycles. The molecule has 1 aliphatic rings. The quantitative estimate of drug-likeness (QED) is 0.912. The zero-order valence-corrected chi connectivity index (χ0v) is 11.6. The Bertz CT molecular complexity index is 666. The number of ether oxygens (including phenoxy) is 1. The molecule has 2 aromatic rings. The van der Waals surface area contributed by atoms with Crippen LogP contribution in [-0.2, 0) is 11.3 Å². The first kappa shape index (κ1) is 12.9. The predicted octanol–water partition coefficient (Wildman–Crippen LogP) is 3.18. The highest BCUT2D eigenvalue weighted by molar-refractivity contribution is 6.33. The topological polar surface area (TPSA) is 63.5 Å². The number of hydrogen-bond acceptors (Lipinski definition) is 4. The van der Waals surface area contributed by atoms with Crippen LogP contribution in [0.25, 0.3) is 0 Å². The Morgan fingerprint density at radius 3 is 3.00 bits per heavy atom. The molecule has 0 aliphatic carbocycles. The van der Waals surface area contributed by atoms with Gasteiger partial charge >= 0.3 is 0 Å². The maximum absolute atomic E-state index is 11.2. The lowest BCUT2D eigenvalue weighted by Crippen LogP contribution is -2.25. The summed E-state index contributed by atoms with van der Waals surface area (Å²) in [6, 6.07) is 7.26. The maximum Gasteiger partial charge on any atom is 0.262 e. The van der Waals surface area contributed by atoms with Crippen molar-refractivity contribution in [2.24, 2.45) is 0 Å². The Kier molecular flexibility index (Phi) is 3.28. The molecule has 0 atom stereocenters. The molecule has 104 valence electrons. The van der Waals surface area contributed by atoms with Crippen LogP contribution in [-0.4, -0.2) is 12.5 Å². The van der Waals surface area contributed by atoms with Gasteiger partial charge in [-0.3, -0.25) is 4.79 Å². The number of carbonyl (C=O) groups is 1. The molecule has 2 N–H and O–H groups in total. The van der Waals surface area contributed by atoms with E-state index in [-0.39, 0.29) is 12.5 Å². The highest BCUT2D eigenvalue weighted by atomic mass is 35.5. The van der Waals surface area contributed by atoms with Crippen LogP contribution in [0.5, 0.6) is 5.75 Å². The summed E-state index contributed by atoms with van der Waals surface area (Å²) in [6.07, 6.45) is 0. The normalized spacial score (nSPS) is 13.4. The molecule has 0 saturated heterocycles. The number of fused-ring (bicyclic) bond motifs is 1. The van der Waals surface area contributed by atoms with E-state index in [1.807, 2.05) is 19.1 Å². The van der Waals surface area contributed by atoms with Crippen molar-refractivity contribution in [3.8, 4) is 5.75 Å². The molecule has 1 aromatic heterocycles. The number of benzene rings is 1. The molecule has 20 heavy (non-hydrogen) atoms. The van der Waals surface area contributed by atoms with Gasteiger partial charge in [0.1, 0.15) is 17.3 Å². The fourth-order valence-electron chi connectivity index (χ4n) is 2.00. The summed E-state index contributed by atoms with van der Waals surface area (Å²) in [7, 11) is 0. The second-order valence-electron chi connectivity index (χ2n) is 4.53. The lowest BCUT2D eigenvalue weighted by Gasteiger charge is -2.19. The Morgan fingerprint density at radius 2 is 2.25 bits per heavy atom. The molecule has 6 heteroatoms. The summed E-state index contributed by atoms with van der Waals surface area (Å²) in [5.74, 6) is 2.11. The zero-order valence-electron chi connectivity index (χ0n) is 10.8. The highest BCUT2D eigenvalue weighted by Crippen LogP contribution is 2.36. The van der Waals surface area contributed by atoms with Crippen molar-refractivity contribution < 1.29 is 13.9 Å². The molecule has 0 fully saturated rings. The molecule has 0 radical (unpaired) electrons. The average molecular weight is 293 g/mol. The van der Waals surface area contributed by atoms with E-state index < -0.39 is 0 Å². The number of aryl methyl sites for hydroxylation is 1. The number of nitrogens with one attached hydrogen (secondary N) is 2. The third-order valence-electron chi connectivity index (χ3n) is 2.95. The number of halogens is 1. The first-order chi connectivity index (χ1) is 9.61. The summed E-state index contributed by atoms with van der Waals surface area (Å²) in [6.45, 7) is 2.44. The van der Waals surface area contributed by atoms with Crippen LogP contribution in [0.4, 0.5) is 11.4 Å². The SMILES string of the molecule is Cc1ccc(CNc2cc3c(cc2Cl)NC(=O)CO3)o1. The summed E-state index contributed by atoms with van der Waals surface area (Å²) >= 11 is 6.18. The summed E-state index contributed by atoms with van der Waals surface area (Å²) in [5, 5.41) is 6.41. The first-order valence-corrected chi connectivity index (χ1v) is 6.55. The molecule has 3 rings (SSSR count). The lowest BCUT2D eigenvalue weighted by molar-refractivity contribution is -0.118. The van der Waals surface area contributed by atoms with E-state index in [0.717, 1.165) is 17.2 Å². The van der Waals surface area contributed by atoms with Crippen molar-refractivity contribution >= 4 is 28.9 Å². The van der Waals surface area contributed by atoms with Gasteiger partial charge in [0, 0.05) is 6.07 Å². The van der Waals surface area contributed by atoms with Crippen molar-refractivity contribution in [2.75, 3.05) is 17.2 Å². The molecule has 0 bridgehead atoms. The molecular formula is C14H13ClN2O3. The van der Waals surface area contributed by atoms with Gasteiger partial charge in [0.15, 0.2) is 6.61 Å². The van der Waals surface area contributed by atoms with Crippen molar-refractivity contribution in [2.45, 2.75) is 13.5 Å². The van der Waals surface area contributed by atoms with Gasteiger partial charge < -0.3 is 19.8 Å². The Morgan fingerprint density at radius 1 is 1.40 bits per heavy atom. The Labute approximate surface area is 120 Å². The van der Waals surface area contributed by atoms with Crippen LogP contribution >= 0.6 is 11.6 Å². The minimum atomic E-state index is -0.180. The third-order valence-corrected chi connectivity index (χ3v) is 3.26. The van der Waals surface area contributed by atoms with E-state index in [1.54, 1.807) is 12.1 Å². The number of hydrogen-bond donors (Lipinski definition) is 2. The van der Waals surface area contributed by atoms with Gasteiger partial charge in [0.25, 0.3) is 5.91 Å². The fourth-order valence-corrected chi connectivity index (χ4v) is 2.23. The average Bonchev–Trinajstić information content (AvgIpc) is 2.82. The molecule has 2 heterocycles. The van der Waals surface area contributed by atoms with Gasteiger partial charge in [-0.25, -0.2) is 0 Å². The van der Waals surface area contributed by atoms with E-state index in [0.29, 0.717) is 23.0 Å². The van der Waals surface area contributed by atoms with Crippen LogP contribution < -0.4 is 15.4 Å². The maximum atomic E-state index is 11.2. The number of anilines is 2. The van der Waals surface area contributed by atoms with Crippen LogP contribution in [0.2, 0.25) is 5.02 Å². The van der Waals surface area contributed by atoms with E-state index in [1.165, 1.54) is 0 Å². The summed E-state index contributed by atoms with van der Waals surface area (Å²) in [4.78, 5) is 11.2. The number of rotatable bonds is 3. The van der Waals surface area contributed by atoms with Crippen molar-refractivity contribution in [3.05, 3.63) is 40.8 Å². The van der Waals surface area contributed by atoms with Crippen molar-refractivity contribution in [3.63, 3.8) is 0 Å². The molecule has 5 nitrogen and oxygen atoms in total. The Hall–Kier alpha value is -2.14. The van der Waals surface area contributed by atoms with Crippen LogP contribution in [0, 0.1) is 6.92 Å². The van der Waals surface area contributed by atoms with E-state index >= 15 is 0 Å². The zero-order chi connectivity index (χ0) is 14.1. The summed E-state index contributed by atoms with van der Waals surface area (Å²) in [5.41, 5.74) is 1.32. The van der Waals surface area contributed by atoms with Crippen molar-refractivity contribution in [1.82, 2.24) is 0 Å². The molecule has 0 spiro atoms. The lowest BCUT2D eigenvalue weighted by atomic mass is 10.2. The second-order valence-corrected chi connectivity index (χ2v) is 4.94. The Balaban J connectivity index is 1.78. The number of furan rings is 1.